The van der Waals surface area contributed by atoms with Crippen molar-refractivity contribution in [2.24, 2.45) is 0 Å². The van der Waals surface area contributed by atoms with Gasteiger partial charge in [0.25, 0.3) is 0 Å². The average Bonchev–Trinajstić information content (AvgIpc) is 2.80. The lowest BCUT2D eigenvalue weighted by Gasteiger charge is -2.16. The van der Waals surface area contributed by atoms with Gasteiger partial charge in [-0.05, 0) is 53.9 Å². The van der Waals surface area contributed by atoms with E-state index in [1.54, 1.807) is 0 Å². The summed E-state index contributed by atoms with van der Waals surface area (Å²) in [6.45, 7) is 6.15. The maximum Gasteiger partial charge on any atom is 0.124 e. The highest BCUT2D eigenvalue weighted by molar-refractivity contribution is 5.87. The fourth-order valence-corrected chi connectivity index (χ4v) is 3.66. The van der Waals surface area contributed by atoms with Gasteiger partial charge >= 0.3 is 0 Å². The quantitative estimate of drug-likeness (QED) is 0.341. The number of fused-ring (bicyclic) bond motifs is 1. The predicted molar refractivity (Wildman–Crippen MR) is 127 cm³/mol. The maximum absolute atomic E-state index is 6.23. The zero-order valence-electron chi connectivity index (χ0n) is 18.2. The molecule has 0 amide bonds. The standard InChI is InChI=1S/C28H29NO2/c1-21(2)31-25-15-12-22(13-16-25)18-29-19-27-26-11-7-6-10-24(26)14-17-28(27)30-20-23-8-4-3-5-9-23/h3-17,21,29H,18-20H2,1-2H3. The van der Waals surface area contributed by atoms with Crippen LogP contribution in [0, 0.1) is 0 Å². The summed E-state index contributed by atoms with van der Waals surface area (Å²) in [6, 6.07) is 31.3. The van der Waals surface area contributed by atoms with Gasteiger partial charge in [-0.3, -0.25) is 0 Å². The summed E-state index contributed by atoms with van der Waals surface area (Å²) >= 11 is 0. The van der Waals surface area contributed by atoms with E-state index in [2.05, 4.69) is 66.0 Å². The van der Waals surface area contributed by atoms with Gasteiger partial charge in [-0.1, -0.05) is 72.8 Å². The normalized spacial score (nSPS) is 11.1. The molecule has 3 nitrogen and oxygen atoms in total. The Kier molecular flexibility index (Phi) is 6.85. The van der Waals surface area contributed by atoms with E-state index in [-0.39, 0.29) is 6.10 Å². The Hall–Kier alpha value is -3.30. The smallest absolute Gasteiger partial charge is 0.124 e. The molecular formula is C28H29NO2. The van der Waals surface area contributed by atoms with Crippen molar-refractivity contribution in [1.82, 2.24) is 5.32 Å². The van der Waals surface area contributed by atoms with E-state index in [4.69, 9.17) is 9.47 Å². The van der Waals surface area contributed by atoms with Gasteiger partial charge in [-0.15, -0.1) is 0 Å². The lowest BCUT2D eigenvalue weighted by atomic mass is 10.0. The molecule has 0 atom stereocenters. The number of nitrogens with one attached hydrogen (secondary N) is 1. The summed E-state index contributed by atoms with van der Waals surface area (Å²) in [5, 5.41) is 6.04. The van der Waals surface area contributed by atoms with Crippen LogP contribution in [0.25, 0.3) is 10.8 Å². The fraction of sp³-hybridized carbons (Fsp3) is 0.214. The van der Waals surface area contributed by atoms with Crippen LogP contribution in [0.3, 0.4) is 0 Å². The molecule has 0 fully saturated rings. The Balaban J connectivity index is 1.47. The van der Waals surface area contributed by atoms with Crippen LogP contribution in [0.1, 0.15) is 30.5 Å². The molecule has 158 valence electrons. The van der Waals surface area contributed by atoms with Gasteiger partial charge in [0.2, 0.25) is 0 Å². The van der Waals surface area contributed by atoms with Gasteiger partial charge in [0.1, 0.15) is 18.1 Å². The first kappa shape index (κ1) is 21.0. The molecule has 0 aliphatic carbocycles. The maximum atomic E-state index is 6.23. The average molecular weight is 412 g/mol. The summed E-state index contributed by atoms with van der Waals surface area (Å²) in [4.78, 5) is 0. The monoisotopic (exact) mass is 411 g/mol. The van der Waals surface area contributed by atoms with Crippen molar-refractivity contribution < 1.29 is 9.47 Å². The number of rotatable bonds is 9. The molecule has 0 saturated heterocycles. The molecule has 0 bridgehead atoms. The molecule has 1 N–H and O–H groups in total. The summed E-state index contributed by atoms with van der Waals surface area (Å²) in [6.07, 6.45) is 0.185. The van der Waals surface area contributed by atoms with Crippen molar-refractivity contribution in [3.8, 4) is 11.5 Å². The second-order valence-corrected chi connectivity index (χ2v) is 7.95. The largest absolute Gasteiger partial charge is 0.491 e. The molecule has 4 aromatic rings. The third kappa shape index (κ3) is 5.65. The Morgan fingerprint density at radius 1 is 0.710 bits per heavy atom. The third-order valence-electron chi connectivity index (χ3n) is 5.16. The molecule has 0 spiro atoms. The summed E-state index contributed by atoms with van der Waals surface area (Å²) in [5.74, 6) is 1.83. The van der Waals surface area contributed by atoms with Crippen LogP contribution in [0.2, 0.25) is 0 Å². The van der Waals surface area contributed by atoms with Crippen molar-refractivity contribution in [2.45, 2.75) is 39.6 Å². The first-order valence-corrected chi connectivity index (χ1v) is 10.8. The summed E-state index contributed by atoms with van der Waals surface area (Å²) in [5.41, 5.74) is 3.58. The van der Waals surface area contributed by atoms with Gasteiger partial charge in [0.05, 0.1) is 6.10 Å². The Bertz CT molecular complexity index is 1100. The highest BCUT2D eigenvalue weighted by Gasteiger charge is 2.09. The molecule has 0 unspecified atom stereocenters. The first-order chi connectivity index (χ1) is 15.2. The molecule has 0 radical (unpaired) electrons. The molecule has 0 aromatic heterocycles. The predicted octanol–water partition coefficient (Wildman–Crippen LogP) is 6.50. The summed E-state index contributed by atoms with van der Waals surface area (Å²) < 4.78 is 12.0. The molecule has 4 rings (SSSR count). The minimum atomic E-state index is 0.185. The SMILES string of the molecule is CC(C)Oc1ccc(CNCc2c(OCc3ccccc3)ccc3ccccc23)cc1. The molecule has 4 aromatic carbocycles. The number of hydrogen-bond donors (Lipinski definition) is 1. The fourth-order valence-electron chi connectivity index (χ4n) is 3.66. The van der Waals surface area contributed by atoms with Crippen LogP contribution < -0.4 is 14.8 Å². The van der Waals surface area contributed by atoms with Crippen molar-refractivity contribution in [3.63, 3.8) is 0 Å². The van der Waals surface area contributed by atoms with Crippen molar-refractivity contribution in [2.75, 3.05) is 0 Å². The number of hydrogen-bond acceptors (Lipinski definition) is 3. The minimum absolute atomic E-state index is 0.185. The number of benzene rings is 4. The molecule has 0 heterocycles. The van der Waals surface area contributed by atoms with Gasteiger partial charge in [-0.25, -0.2) is 0 Å². The van der Waals surface area contributed by atoms with Crippen LogP contribution >= 0.6 is 0 Å². The lowest BCUT2D eigenvalue weighted by molar-refractivity contribution is 0.242. The van der Waals surface area contributed by atoms with E-state index in [0.29, 0.717) is 6.61 Å². The van der Waals surface area contributed by atoms with E-state index in [1.807, 2.05) is 44.2 Å². The minimum Gasteiger partial charge on any atom is -0.491 e. The third-order valence-corrected chi connectivity index (χ3v) is 5.16. The molecule has 0 saturated carbocycles. The first-order valence-electron chi connectivity index (χ1n) is 10.8. The van der Waals surface area contributed by atoms with Gasteiger partial charge < -0.3 is 14.8 Å². The second-order valence-electron chi connectivity index (χ2n) is 7.95. The van der Waals surface area contributed by atoms with Crippen molar-refractivity contribution >= 4 is 10.8 Å². The van der Waals surface area contributed by atoms with Crippen LogP contribution in [0.15, 0.2) is 91.0 Å². The lowest BCUT2D eigenvalue weighted by Crippen LogP contribution is -2.14. The van der Waals surface area contributed by atoms with Gasteiger partial charge in [0, 0.05) is 18.7 Å². The Morgan fingerprint density at radius 3 is 2.23 bits per heavy atom. The highest BCUT2D eigenvalue weighted by Crippen LogP contribution is 2.29. The molecular weight excluding hydrogens is 382 g/mol. The van der Waals surface area contributed by atoms with Crippen LogP contribution in [0.5, 0.6) is 11.5 Å². The second kappa shape index (κ2) is 10.1. The highest BCUT2D eigenvalue weighted by atomic mass is 16.5. The van der Waals surface area contributed by atoms with E-state index < -0.39 is 0 Å². The van der Waals surface area contributed by atoms with E-state index in [0.717, 1.165) is 24.6 Å². The van der Waals surface area contributed by atoms with Gasteiger partial charge in [0.15, 0.2) is 0 Å². The van der Waals surface area contributed by atoms with E-state index in [9.17, 15) is 0 Å². The Morgan fingerprint density at radius 2 is 1.45 bits per heavy atom. The molecule has 0 aliphatic heterocycles. The Labute approximate surface area is 184 Å². The molecule has 31 heavy (non-hydrogen) atoms. The van der Waals surface area contributed by atoms with E-state index in [1.165, 1.54) is 27.5 Å². The van der Waals surface area contributed by atoms with Gasteiger partial charge in [-0.2, -0.15) is 0 Å². The number of ether oxygens (including phenoxy) is 2. The molecule has 0 aliphatic rings. The molecule has 3 heteroatoms. The topological polar surface area (TPSA) is 30.5 Å². The van der Waals surface area contributed by atoms with Crippen LogP contribution in [0.4, 0.5) is 0 Å². The van der Waals surface area contributed by atoms with Crippen molar-refractivity contribution in [3.05, 3.63) is 108 Å². The zero-order valence-corrected chi connectivity index (χ0v) is 18.2. The van der Waals surface area contributed by atoms with Crippen LogP contribution in [-0.2, 0) is 19.7 Å². The van der Waals surface area contributed by atoms with Crippen LogP contribution in [-0.4, -0.2) is 6.10 Å². The van der Waals surface area contributed by atoms with E-state index >= 15 is 0 Å². The summed E-state index contributed by atoms with van der Waals surface area (Å²) in [7, 11) is 0. The van der Waals surface area contributed by atoms with Crippen molar-refractivity contribution in [1.29, 1.82) is 0 Å². The zero-order chi connectivity index (χ0) is 21.5.